The lowest BCUT2D eigenvalue weighted by Gasteiger charge is -2.20. The molecule has 1 atom stereocenters. The average Bonchev–Trinajstić information content (AvgIpc) is 3.22. The summed E-state index contributed by atoms with van der Waals surface area (Å²) in [5, 5.41) is 7.44. The van der Waals surface area contributed by atoms with Crippen LogP contribution >= 0.6 is 11.6 Å². The highest BCUT2D eigenvalue weighted by molar-refractivity contribution is 6.30. The van der Waals surface area contributed by atoms with E-state index >= 15 is 0 Å². The third-order valence-electron chi connectivity index (χ3n) is 4.73. The summed E-state index contributed by atoms with van der Waals surface area (Å²) in [5.41, 5.74) is 1.30. The molecule has 1 aliphatic heterocycles. The number of rotatable bonds is 6. The number of methoxy groups -OCH3 is 1. The van der Waals surface area contributed by atoms with Crippen LogP contribution < -0.4 is 20.3 Å². The van der Waals surface area contributed by atoms with Crippen LogP contribution in [0.25, 0.3) is 10.9 Å². The summed E-state index contributed by atoms with van der Waals surface area (Å²) in [4.78, 5) is 31.2. The van der Waals surface area contributed by atoms with E-state index in [1.54, 1.807) is 18.5 Å². The van der Waals surface area contributed by atoms with Crippen molar-refractivity contribution in [1.29, 1.82) is 0 Å². The van der Waals surface area contributed by atoms with Crippen LogP contribution in [-0.2, 0) is 4.79 Å². The normalized spacial score (nSPS) is 15.8. The van der Waals surface area contributed by atoms with Crippen LogP contribution in [0.1, 0.15) is 6.42 Å². The van der Waals surface area contributed by atoms with Crippen LogP contribution in [0, 0.1) is 0 Å². The average molecular weight is 426 g/mol. The van der Waals surface area contributed by atoms with Crippen molar-refractivity contribution in [2.45, 2.75) is 12.5 Å². The fourth-order valence-corrected chi connectivity index (χ4v) is 3.43. The van der Waals surface area contributed by atoms with Crippen molar-refractivity contribution in [3.63, 3.8) is 0 Å². The Kier molecular flexibility index (Phi) is 5.62. The summed E-state index contributed by atoms with van der Waals surface area (Å²) in [7, 11) is 1.53. The molecule has 1 unspecified atom stereocenters. The molecular weight excluding hydrogens is 406 g/mol. The summed E-state index contributed by atoms with van der Waals surface area (Å²) < 4.78 is 5.30. The third-order valence-corrected chi connectivity index (χ3v) is 4.93. The number of halogens is 1. The van der Waals surface area contributed by atoms with Gasteiger partial charge in [0, 0.05) is 30.2 Å². The molecule has 3 aromatic rings. The highest BCUT2D eigenvalue weighted by atomic mass is 35.5. The Labute approximate surface area is 178 Å². The molecule has 4 rings (SSSR count). The zero-order valence-electron chi connectivity index (χ0n) is 16.3. The molecule has 1 fully saturated rings. The molecule has 154 valence electrons. The summed E-state index contributed by atoms with van der Waals surface area (Å²) in [5.74, 6) is 1.03. The van der Waals surface area contributed by atoms with Gasteiger partial charge in [-0.1, -0.05) is 18.2 Å². The smallest absolute Gasteiger partial charge is 0.318 e. The molecule has 2 aromatic heterocycles. The lowest BCUT2D eigenvalue weighted by molar-refractivity contribution is -0.111. The van der Waals surface area contributed by atoms with Gasteiger partial charge in [-0.2, -0.15) is 9.97 Å². The number of carbonyl (C=O) groups excluding carboxylic acids is 1. The number of ether oxygens (including phenoxy) is 1. The molecule has 0 bridgehead atoms. The second kappa shape index (κ2) is 8.50. The SMILES string of the molecule is C=CC(=O)Nc1ccc2c(N3CCC(Nc4ncc(Cl)cn4)C3)nc(OC)nc2c1. The van der Waals surface area contributed by atoms with Crippen LogP contribution in [0.3, 0.4) is 0 Å². The van der Waals surface area contributed by atoms with Crippen molar-refractivity contribution in [2.75, 3.05) is 35.7 Å². The molecule has 0 spiro atoms. The number of carbonyl (C=O) groups is 1. The molecule has 2 N–H and O–H groups in total. The maximum absolute atomic E-state index is 11.6. The maximum atomic E-state index is 11.6. The van der Waals surface area contributed by atoms with E-state index in [9.17, 15) is 4.79 Å². The predicted octanol–water partition coefficient (Wildman–Crippen LogP) is 2.90. The van der Waals surface area contributed by atoms with Crippen LogP contribution in [0.4, 0.5) is 17.5 Å². The second-order valence-corrected chi connectivity index (χ2v) is 7.20. The monoisotopic (exact) mass is 425 g/mol. The number of anilines is 3. The Balaban J connectivity index is 1.59. The first-order valence-corrected chi connectivity index (χ1v) is 9.72. The molecular formula is C20H20ClN7O2. The molecule has 0 saturated carbocycles. The molecule has 0 aliphatic carbocycles. The van der Waals surface area contributed by atoms with Gasteiger partial charge >= 0.3 is 6.01 Å². The molecule has 1 saturated heterocycles. The van der Waals surface area contributed by atoms with Gasteiger partial charge in [-0.3, -0.25) is 4.79 Å². The number of amides is 1. The Morgan fingerprint density at radius 1 is 1.33 bits per heavy atom. The van der Waals surface area contributed by atoms with Gasteiger partial charge in [0.2, 0.25) is 11.9 Å². The van der Waals surface area contributed by atoms with Crippen LogP contribution in [0.2, 0.25) is 5.02 Å². The van der Waals surface area contributed by atoms with Crippen molar-refractivity contribution in [2.24, 2.45) is 0 Å². The van der Waals surface area contributed by atoms with E-state index < -0.39 is 0 Å². The molecule has 10 heteroatoms. The Bertz CT molecular complexity index is 1090. The predicted molar refractivity (Wildman–Crippen MR) is 116 cm³/mol. The maximum Gasteiger partial charge on any atom is 0.318 e. The number of aromatic nitrogens is 4. The Hall–Kier alpha value is -3.46. The van der Waals surface area contributed by atoms with Crippen molar-refractivity contribution >= 4 is 45.9 Å². The first-order chi connectivity index (χ1) is 14.6. The van der Waals surface area contributed by atoms with Crippen molar-refractivity contribution < 1.29 is 9.53 Å². The molecule has 3 heterocycles. The molecule has 1 aromatic carbocycles. The molecule has 1 amide bonds. The minimum absolute atomic E-state index is 0.160. The van der Waals surface area contributed by atoms with E-state index in [4.69, 9.17) is 16.3 Å². The van der Waals surface area contributed by atoms with Gasteiger partial charge in [0.15, 0.2) is 0 Å². The number of hydrogen-bond acceptors (Lipinski definition) is 8. The van der Waals surface area contributed by atoms with Crippen molar-refractivity contribution in [3.8, 4) is 6.01 Å². The number of nitrogens with zero attached hydrogens (tertiary/aromatic N) is 5. The number of nitrogens with one attached hydrogen (secondary N) is 2. The lowest BCUT2D eigenvalue weighted by atomic mass is 10.2. The first-order valence-electron chi connectivity index (χ1n) is 9.34. The summed E-state index contributed by atoms with van der Waals surface area (Å²) in [6.07, 6.45) is 5.25. The van der Waals surface area contributed by atoms with E-state index in [0.717, 1.165) is 30.7 Å². The fraction of sp³-hybridized carbons (Fsp3) is 0.250. The number of benzene rings is 1. The second-order valence-electron chi connectivity index (χ2n) is 6.76. The quantitative estimate of drug-likeness (QED) is 0.581. The molecule has 1 aliphatic rings. The zero-order chi connectivity index (χ0) is 21.1. The highest BCUT2D eigenvalue weighted by Crippen LogP contribution is 2.31. The van der Waals surface area contributed by atoms with Gasteiger partial charge in [-0.25, -0.2) is 9.97 Å². The summed E-state index contributed by atoms with van der Waals surface area (Å²) in [6.45, 7) is 4.99. The van der Waals surface area contributed by atoms with Crippen molar-refractivity contribution in [3.05, 3.63) is 48.3 Å². The van der Waals surface area contributed by atoms with Gasteiger partial charge in [0.1, 0.15) is 5.82 Å². The highest BCUT2D eigenvalue weighted by Gasteiger charge is 2.26. The topological polar surface area (TPSA) is 105 Å². The van der Waals surface area contributed by atoms with E-state index in [1.165, 1.54) is 13.2 Å². The number of hydrogen-bond donors (Lipinski definition) is 2. The minimum Gasteiger partial charge on any atom is -0.467 e. The fourth-order valence-electron chi connectivity index (χ4n) is 3.34. The van der Waals surface area contributed by atoms with Crippen LogP contribution in [-0.4, -0.2) is 52.1 Å². The molecule has 9 nitrogen and oxygen atoms in total. The van der Waals surface area contributed by atoms with Gasteiger partial charge in [-0.05, 0) is 30.7 Å². The Morgan fingerprint density at radius 3 is 2.87 bits per heavy atom. The van der Waals surface area contributed by atoms with Gasteiger partial charge in [-0.15, -0.1) is 0 Å². The van der Waals surface area contributed by atoms with E-state index in [2.05, 4.69) is 42.0 Å². The third kappa shape index (κ3) is 4.25. The van der Waals surface area contributed by atoms with Gasteiger partial charge in [0.25, 0.3) is 0 Å². The number of fused-ring (bicyclic) bond motifs is 1. The summed E-state index contributed by atoms with van der Waals surface area (Å²) >= 11 is 5.85. The van der Waals surface area contributed by atoms with E-state index in [0.29, 0.717) is 22.2 Å². The standard InChI is InChI=1S/C20H20ClN7O2/c1-3-17(29)24-13-4-5-15-16(8-13)26-20(30-2)27-18(15)28-7-6-14(11-28)25-19-22-9-12(21)10-23-19/h3-5,8-10,14H,1,6-7,11H2,2H3,(H,24,29)(H,22,23,25). The van der Waals surface area contributed by atoms with Crippen LogP contribution in [0.15, 0.2) is 43.2 Å². The molecule has 0 radical (unpaired) electrons. The van der Waals surface area contributed by atoms with Gasteiger partial charge in [0.05, 0.1) is 30.0 Å². The van der Waals surface area contributed by atoms with E-state index in [-0.39, 0.29) is 18.0 Å². The first kappa shape index (κ1) is 19.8. The lowest BCUT2D eigenvalue weighted by Crippen LogP contribution is -2.27. The van der Waals surface area contributed by atoms with Crippen molar-refractivity contribution in [1.82, 2.24) is 19.9 Å². The largest absolute Gasteiger partial charge is 0.467 e. The van der Waals surface area contributed by atoms with Gasteiger partial charge < -0.3 is 20.3 Å². The van der Waals surface area contributed by atoms with Crippen LogP contribution in [0.5, 0.6) is 6.01 Å². The van der Waals surface area contributed by atoms with E-state index in [1.807, 2.05) is 12.1 Å². The summed E-state index contributed by atoms with van der Waals surface area (Å²) in [6, 6.07) is 5.93. The zero-order valence-corrected chi connectivity index (χ0v) is 17.1. The minimum atomic E-state index is -0.284. The Morgan fingerprint density at radius 2 is 2.13 bits per heavy atom. The molecule has 30 heavy (non-hydrogen) atoms.